The van der Waals surface area contributed by atoms with E-state index in [4.69, 9.17) is 21.1 Å². The lowest BCUT2D eigenvalue weighted by Crippen LogP contribution is -2.43. The second kappa shape index (κ2) is 8.54. The summed E-state index contributed by atoms with van der Waals surface area (Å²) >= 11 is 6.14. The van der Waals surface area contributed by atoms with Gasteiger partial charge in [0.25, 0.3) is 12.2 Å². The summed E-state index contributed by atoms with van der Waals surface area (Å²) in [5.41, 5.74) is 1.77. The van der Waals surface area contributed by atoms with Gasteiger partial charge in [-0.05, 0) is 50.8 Å². The van der Waals surface area contributed by atoms with E-state index in [9.17, 15) is 4.79 Å². The molecule has 1 N–H and O–H groups in total. The Labute approximate surface area is 158 Å². The Bertz CT molecular complexity index is 752. The van der Waals surface area contributed by atoms with E-state index in [-0.39, 0.29) is 5.91 Å². The highest BCUT2D eigenvalue weighted by Crippen LogP contribution is 2.39. The number of fused-ring (bicyclic) bond motifs is 1. The van der Waals surface area contributed by atoms with E-state index in [1.165, 1.54) is 0 Å². The van der Waals surface area contributed by atoms with Gasteiger partial charge in [-0.3, -0.25) is 4.79 Å². The average molecular weight is 375 g/mol. The van der Waals surface area contributed by atoms with Gasteiger partial charge < -0.3 is 19.7 Å². The first-order chi connectivity index (χ1) is 12.5. The van der Waals surface area contributed by atoms with E-state index in [0.717, 1.165) is 24.1 Å². The molecule has 0 aliphatic carbocycles. The molecule has 0 fully saturated rings. The normalized spacial score (nSPS) is 18.9. The zero-order chi connectivity index (χ0) is 18.5. The van der Waals surface area contributed by atoms with Crippen molar-refractivity contribution in [3.63, 3.8) is 0 Å². The molecular weight excluding hydrogens is 352 g/mol. The molecular formula is C20H23ClN2O3. The topological polar surface area (TPSA) is 50.8 Å². The van der Waals surface area contributed by atoms with Crippen molar-refractivity contribution in [3.05, 3.63) is 64.7 Å². The first-order valence-corrected chi connectivity index (χ1v) is 9.01. The lowest BCUT2D eigenvalue weighted by atomic mass is 9.99. The van der Waals surface area contributed by atoms with Gasteiger partial charge in [0.05, 0.1) is 0 Å². The smallest absolute Gasteiger partial charge is 0.289 e. The van der Waals surface area contributed by atoms with Crippen LogP contribution in [0, 0.1) is 0 Å². The number of hydrogen-bond donors (Lipinski definition) is 1. The van der Waals surface area contributed by atoms with Gasteiger partial charge >= 0.3 is 0 Å². The van der Waals surface area contributed by atoms with E-state index >= 15 is 0 Å². The van der Waals surface area contributed by atoms with Gasteiger partial charge in [0, 0.05) is 17.1 Å². The van der Waals surface area contributed by atoms with E-state index in [1.54, 1.807) is 12.1 Å². The zero-order valence-electron chi connectivity index (χ0n) is 14.9. The van der Waals surface area contributed by atoms with Gasteiger partial charge in [-0.15, -0.1) is 0 Å². The average Bonchev–Trinajstić information content (AvgIpc) is 2.64. The third-order valence-electron chi connectivity index (χ3n) is 4.15. The van der Waals surface area contributed by atoms with Crippen molar-refractivity contribution in [1.29, 1.82) is 0 Å². The number of nitrogens with one attached hydrogen (secondary N) is 1. The largest absolute Gasteiger partial charge is 0.455 e. The summed E-state index contributed by atoms with van der Waals surface area (Å²) in [4.78, 5) is 14.6. The predicted octanol–water partition coefficient (Wildman–Crippen LogP) is 3.23. The maximum Gasteiger partial charge on any atom is 0.289 e. The minimum Gasteiger partial charge on any atom is -0.455 e. The number of halogens is 1. The number of amides is 1. The molecule has 26 heavy (non-hydrogen) atoms. The van der Waals surface area contributed by atoms with Crippen molar-refractivity contribution in [2.45, 2.75) is 18.8 Å². The molecule has 5 nitrogen and oxygen atoms in total. The molecule has 0 saturated carbocycles. The highest BCUT2D eigenvalue weighted by molar-refractivity contribution is 6.30. The Morgan fingerprint density at radius 2 is 1.96 bits per heavy atom. The Kier molecular flexibility index (Phi) is 6.14. The highest BCUT2D eigenvalue weighted by atomic mass is 35.5. The zero-order valence-corrected chi connectivity index (χ0v) is 15.7. The van der Waals surface area contributed by atoms with Crippen LogP contribution in [-0.4, -0.2) is 44.3 Å². The molecule has 1 aliphatic rings. The van der Waals surface area contributed by atoms with Crippen LogP contribution >= 0.6 is 11.6 Å². The third-order valence-corrected chi connectivity index (χ3v) is 4.38. The highest BCUT2D eigenvalue weighted by Gasteiger charge is 2.34. The van der Waals surface area contributed by atoms with Crippen LogP contribution < -0.4 is 10.1 Å². The van der Waals surface area contributed by atoms with Crippen molar-refractivity contribution in [3.8, 4) is 5.75 Å². The maximum absolute atomic E-state index is 12.5. The van der Waals surface area contributed by atoms with Gasteiger partial charge in [-0.25, -0.2) is 0 Å². The lowest BCUT2D eigenvalue weighted by Gasteiger charge is -2.32. The number of rotatable bonds is 6. The number of hydrogen-bond acceptors (Lipinski definition) is 4. The number of carbonyl (C=O) groups is 1. The van der Waals surface area contributed by atoms with E-state index in [0.29, 0.717) is 17.3 Å². The van der Waals surface area contributed by atoms with E-state index in [2.05, 4.69) is 10.2 Å². The minimum atomic E-state index is -0.992. The molecule has 1 amide bonds. The molecule has 2 atom stereocenters. The maximum atomic E-state index is 12.5. The van der Waals surface area contributed by atoms with Crippen LogP contribution in [0.4, 0.5) is 0 Å². The molecule has 6 heteroatoms. The summed E-state index contributed by atoms with van der Waals surface area (Å²) in [5.74, 6) is 0.341. The van der Waals surface area contributed by atoms with Crippen LogP contribution in [0.15, 0.2) is 48.5 Å². The number of ether oxygens (including phenoxy) is 2. The van der Waals surface area contributed by atoms with Crippen molar-refractivity contribution >= 4 is 17.5 Å². The van der Waals surface area contributed by atoms with Crippen LogP contribution in [0.5, 0.6) is 5.75 Å². The van der Waals surface area contributed by atoms with Crippen molar-refractivity contribution in [1.82, 2.24) is 10.2 Å². The first kappa shape index (κ1) is 18.7. The second-order valence-corrected chi connectivity index (χ2v) is 6.94. The van der Waals surface area contributed by atoms with Crippen LogP contribution in [0.25, 0.3) is 0 Å². The molecule has 2 aromatic carbocycles. The first-order valence-electron chi connectivity index (χ1n) is 8.63. The monoisotopic (exact) mass is 374 g/mol. The molecule has 0 bridgehead atoms. The Balaban J connectivity index is 1.76. The molecule has 1 heterocycles. The summed E-state index contributed by atoms with van der Waals surface area (Å²) < 4.78 is 11.8. The number of nitrogens with zero attached hydrogens (tertiary/aromatic N) is 1. The van der Waals surface area contributed by atoms with Crippen LogP contribution in [0.2, 0.25) is 5.02 Å². The van der Waals surface area contributed by atoms with E-state index in [1.807, 2.05) is 50.5 Å². The van der Waals surface area contributed by atoms with Gasteiger partial charge in [-0.1, -0.05) is 41.9 Å². The minimum absolute atomic E-state index is 0.273. The fraction of sp³-hybridized carbons (Fsp3) is 0.350. The molecule has 2 unspecified atom stereocenters. The summed E-state index contributed by atoms with van der Waals surface area (Å²) in [7, 11) is 4.00. The summed E-state index contributed by atoms with van der Waals surface area (Å²) in [6, 6.07) is 15.1. The van der Waals surface area contributed by atoms with E-state index < -0.39 is 12.4 Å². The lowest BCUT2D eigenvalue weighted by molar-refractivity contribution is -0.165. The van der Waals surface area contributed by atoms with Gasteiger partial charge in [0.2, 0.25) is 0 Å². The van der Waals surface area contributed by atoms with Crippen molar-refractivity contribution in [2.24, 2.45) is 0 Å². The van der Waals surface area contributed by atoms with Gasteiger partial charge in [0.15, 0.2) is 0 Å². The van der Waals surface area contributed by atoms with Crippen molar-refractivity contribution in [2.75, 3.05) is 27.2 Å². The van der Waals surface area contributed by atoms with Gasteiger partial charge in [0.1, 0.15) is 11.9 Å². The summed E-state index contributed by atoms with van der Waals surface area (Å²) in [6.07, 6.45) is -0.538. The SMILES string of the molecule is CN(C)CCCNC(=O)C1Oc2ccc(Cl)cc2C(c2ccccc2)O1. The molecule has 2 aromatic rings. The number of benzene rings is 2. The molecule has 0 aromatic heterocycles. The van der Waals surface area contributed by atoms with Crippen LogP contribution in [-0.2, 0) is 9.53 Å². The summed E-state index contributed by atoms with van der Waals surface area (Å²) in [6.45, 7) is 1.48. The Morgan fingerprint density at radius 3 is 2.69 bits per heavy atom. The van der Waals surface area contributed by atoms with Crippen LogP contribution in [0.3, 0.4) is 0 Å². The molecule has 1 aliphatic heterocycles. The van der Waals surface area contributed by atoms with Crippen molar-refractivity contribution < 1.29 is 14.3 Å². The summed E-state index contributed by atoms with van der Waals surface area (Å²) in [5, 5.41) is 3.48. The number of carbonyl (C=O) groups excluding carboxylic acids is 1. The fourth-order valence-electron chi connectivity index (χ4n) is 2.86. The van der Waals surface area contributed by atoms with Crippen LogP contribution in [0.1, 0.15) is 23.7 Å². The fourth-order valence-corrected chi connectivity index (χ4v) is 3.04. The Hall–Kier alpha value is -2.08. The Morgan fingerprint density at radius 1 is 1.19 bits per heavy atom. The molecule has 3 rings (SSSR count). The second-order valence-electron chi connectivity index (χ2n) is 6.51. The predicted molar refractivity (Wildman–Crippen MR) is 101 cm³/mol. The molecule has 138 valence electrons. The standard InChI is InChI=1S/C20H23ClN2O3/c1-23(2)12-6-11-22-19(24)20-25-17-10-9-15(21)13-16(17)18(26-20)14-7-4-3-5-8-14/h3-5,7-10,13,18,20H,6,11-12H2,1-2H3,(H,22,24). The molecule has 0 spiro atoms. The molecule has 0 radical (unpaired) electrons. The third kappa shape index (κ3) is 4.55. The molecule has 0 saturated heterocycles. The quantitative estimate of drug-likeness (QED) is 0.789. The van der Waals surface area contributed by atoms with Gasteiger partial charge in [-0.2, -0.15) is 0 Å².